The largest absolute Gasteiger partial charge is 0.494 e. The minimum absolute atomic E-state index is 0.0735. The van der Waals surface area contributed by atoms with Gasteiger partial charge in [0.05, 0.1) is 18.2 Å². The fourth-order valence-corrected chi connectivity index (χ4v) is 4.03. The summed E-state index contributed by atoms with van der Waals surface area (Å²) in [6.07, 6.45) is 2.24. The van der Waals surface area contributed by atoms with Crippen molar-refractivity contribution in [1.82, 2.24) is 30.1 Å². The highest BCUT2D eigenvalue weighted by Crippen LogP contribution is 2.29. The molecular weight excluding hydrogens is 420 g/mol. The van der Waals surface area contributed by atoms with Gasteiger partial charge in [-0.2, -0.15) is 0 Å². The maximum Gasteiger partial charge on any atom is 0.252 e. The number of hydrogen-bond donors (Lipinski definition) is 2. The Hall–Kier alpha value is -2.78. The van der Waals surface area contributed by atoms with Crippen molar-refractivity contribution in [3.05, 3.63) is 46.0 Å². The number of aliphatic hydroxyl groups excluding tert-OH is 1. The molecule has 2 heterocycles. The van der Waals surface area contributed by atoms with Crippen LogP contribution in [0.4, 0.5) is 0 Å². The van der Waals surface area contributed by atoms with Crippen LogP contribution in [0.3, 0.4) is 0 Å². The van der Waals surface area contributed by atoms with Crippen LogP contribution in [0.15, 0.2) is 29.1 Å². The van der Waals surface area contributed by atoms with Crippen molar-refractivity contribution in [1.29, 1.82) is 0 Å². The molecule has 0 spiro atoms. The second kappa shape index (κ2) is 10.9. The molecule has 1 atom stereocenters. The number of nitrogens with zero attached hydrogens (tertiary/aromatic N) is 5. The summed E-state index contributed by atoms with van der Waals surface area (Å²) < 4.78 is 7.52. The van der Waals surface area contributed by atoms with Crippen molar-refractivity contribution in [3.8, 4) is 5.75 Å². The third-order valence-corrected chi connectivity index (χ3v) is 6.24. The number of fused-ring (bicyclic) bond motifs is 1. The monoisotopic (exact) mass is 456 g/mol. The van der Waals surface area contributed by atoms with Gasteiger partial charge >= 0.3 is 0 Å². The minimum Gasteiger partial charge on any atom is -0.494 e. The van der Waals surface area contributed by atoms with Crippen LogP contribution in [0.25, 0.3) is 10.9 Å². The fourth-order valence-electron chi connectivity index (χ4n) is 4.03. The maximum atomic E-state index is 12.9. The first-order valence-electron chi connectivity index (χ1n) is 11.8. The summed E-state index contributed by atoms with van der Waals surface area (Å²) in [6, 6.07) is 7.50. The molecule has 0 aliphatic heterocycles. The van der Waals surface area contributed by atoms with E-state index in [1.807, 2.05) is 35.9 Å². The summed E-state index contributed by atoms with van der Waals surface area (Å²) in [4.78, 5) is 18.1. The number of nitrogens with one attached hydrogen (secondary N) is 1. The molecule has 0 aliphatic carbocycles. The number of pyridine rings is 1. The smallest absolute Gasteiger partial charge is 0.252 e. The zero-order valence-electron chi connectivity index (χ0n) is 20.3. The Balaban J connectivity index is 1.99. The third kappa shape index (κ3) is 5.59. The van der Waals surface area contributed by atoms with E-state index in [4.69, 9.17) is 4.74 Å². The van der Waals surface area contributed by atoms with E-state index in [0.717, 1.165) is 35.3 Å². The first kappa shape index (κ1) is 24.9. The molecule has 0 fully saturated rings. The molecule has 9 heteroatoms. The number of aliphatic hydroxyl groups is 1. The average molecular weight is 457 g/mol. The topological polar surface area (TPSA) is 109 Å². The molecule has 33 heavy (non-hydrogen) atoms. The lowest BCUT2D eigenvalue weighted by molar-refractivity contribution is 0.144. The van der Waals surface area contributed by atoms with E-state index in [-0.39, 0.29) is 23.7 Å². The van der Waals surface area contributed by atoms with Crippen LogP contribution in [-0.2, 0) is 12.1 Å². The van der Waals surface area contributed by atoms with E-state index in [2.05, 4.69) is 53.1 Å². The first-order chi connectivity index (χ1) is 15.8. The van der Waals surface area contributed by atoms with E-state index in [1.165, 1.54) is 0 Å². The molecule has 0 bridgehead atoms. The van der Waals surface area contributed by atoms with Gasteiger partial charge in [-0.15, -0.1) is 5.10 Å². The second-order valence-electron chi connectivity index (χ2n) is 8.89. The molecule has 2 aromatic heterocycles. The van der Waals surface area contributed by atoms with Crippen LogP contribution in [0.1, 0.15) is 71.3 Å². The normalized spacial score (nSPS) is 13.1. The van der Waals surface area contributed by atoms with E-state index in [9.17, 15) is 9.90 Å². The molecule has 1 aromatic carbocycles. The van der Waals surface area contributed by atoms with Gasteiger partial charge in [0.15, 0.2) is 5.82 Å². The Morgan fingerprint density at radius 3 is 2.70 bits per heavy atom. The van der Waals surface area contributed by atoms with Crippen molar-refractivity contribution in [2.75, 3.05) is 19.8 Å². The maximum absolute atomic E-state index is 12.9. The number of H-pyrrole nitrogens is 1. The lowest BCUT2D eigenvalue weighted by Crippen LogP contribution is -2.37. The summed E-state index contributed by atoms with van der Waals surface area (Å²) in [7, 11) is 0. The number of tetrazole rings is 1. The van der Waals surface area contributed by atoms with Crippen molar-refractivity contribution >= 4 is 10.9 Å². The van der Waals surface area contributed by atoms with Gasteiger partial charge < -0.3 is 14.8 Å². The van der Waals surface area contributed by atoms with Crippen LogP contribution in [0.2, 0.25) is 0 Å². The van der Waals surface area contributed by atoms with Crippen LogP contribution in [-0.4, -0.2) is 55.0 Å². The second-order valence-corrected chi connectivity index (χ2v) is 8.89. The van der Waals surface area contributed by atoms with Crippen LogP contribution in [0.5, 0.6) is 5.75 Å². The van der Waals surface area contributed by atoms with Crippen molar-refractivity contribution in [2.24, 2.45) is 0 Å². The zero-order chi connectivity index (χ0) is 24.0. The first-order valence-corrected chi connectivity index (χ1v) is 11.8. The minimum atomic E-state index is -0.231. The Bertz CT molecular complexity index is 1110. The molecular formula is C24H36N6O3. The van der Waals surface area contributed by atoms with Gasteiger partial charge in [-0.25, -0.2) is 4.68 Å². The molecule has 3 rings (SSSR count). The number of ether oxygens (including phenoxy) is 1. The molecule has 3 aromatic rings. The van der Waals surface area contributed by atoms with Gasteiger partial charge in [-0.3, -0.25) is 9.69 Å². The summed E-state index contributed by atoms with van der Waals surface area (Å²) >= 11 is 0. The molecule has 0 radical (unpaired) electrons. The van der Waals surface area contributed by atoms with Crippen LogP contribution >= 0.6 is 0 Å². The van der Waals surface area contributed by atoms with E-state index >= 15 is 0 Å². The number of aromatic nitrogens is 5. The summed E-state index contributed by atoms with van der Waals surface area (Å²) in [5.74, 6) is 1.55. The standard InChI is InChI=1S/C24H36N6O3/c1-6-21(22-26-27-28-30(22)24(4,5)7-2)29(12-9-13-31)16-18-14-17-15-19(33-8-3)10-11-20(17)25-23(18)32/h10-11,14-15,21,31H,6-9,12-13,16H2,1-5H3,(H,25,32)/t21-/m1/s1. The van der Waals surface area contributed by atoms with E-state index < -0.39 is 0 Å². The number of benzene rings is 1. The molecule has 0 saturated carbocycles. The Kier molecular flexibility index (Phi) is 8.20. The summed E-state index contributed by atoms with van der Waals surface area (Å²) in [6.45, 7) is 12.1. The highest BCUT2D eigenvalue weighted by atomic mass is 16.5. The molecule has 0 unspecified atom stereocenters. The molecule has 9 nitrogen and oxygen atoms in total. The highest BCUT2D eigenvalue weighted by molar-refractivity contribution is 5.80. The van der Waals surface area contributed by atoms with Gasteiger partial charge in [-0.1, -0.05) is 13.8 Å². The highest BCUT2D eigenvalue weighted by Gasteiger charge is 2.30. The Morgan fingerprint density at radius 1 is 1.24 bits per heavy atom. The zero-order valence-corrected chi connectivity index (χ0v) is 20.3. The van der Waals surface area contributed by atoms with Gasteiger partial charge in [0.25, 0.3) is 5.56 Å². The third-order valence-electron chi connectivity index (χ3n) is 6.24. The lowest BCUT2D eigenvalue weighted by atomic mass is 10.0. The van der Waals surface area contributed by atoms with E-state index in [0.29, 0.717) is 31.7 Å². The fraction of sp³-hybridized carbons (Fsp3) is 0.583. The summed E-state index contributed by atoms with van der Waals surface area (Å²) in [5.41, 5.74) is 1.07. The number of aromatic amines is 1. The molecule has 0 saturated heterocycles. The molecule has 0 amide bonds. The average Bonchev–Trinajstić information content (AvgIpc) is 3.29. The predicted molar refractivity (Wildman–Crippen MR) is 128 cm³/mol. The molecule has 180 valence electrons. The Morgan fingerprint density at radius 2 is 2.03 bits per heavy atom. The number of hydrogen-bond acceptors (Lipinski definition) is 7. The van der Waals surface area contributed by atoms with Crippen molar-refractivity contribution in [3.63, 3.8) is 0 Å². The van der Waals surface area contributed by atoms with Crippen LogP contribution < -0.4 is 10.3 Å². The van der Waals surface area contributed by atoms with Gasteiger partial charge in [0.2, 0.25) is 0 Å². The SMILES string of the molecule is CCOc1ccc2[nH]c(=O)c(CN(CCCO)[C@H](CC)c3nnnn3C(C)(C)CC)cc2c1. The van der Waals surface area contributed by atoms with Gasteiger partial charge in [-0.05, 0) is 74.7 Å². The quantitative estimate of drug-likeness (QED) is 0.430. The Labute approximate surface area is 194 Å². The van der Waals surface area contributed by atoms with Gasteiger partial charge in [0, 0.05) is 36.2 Å². The lowest BCUT2D eigenvalue weighted by Gasteiger charge is -2.33. The predicted octanol–water partition coefficient (Wildman–Crippen LogP) is 3.39. The number of rotatable bonds is 12. The van der Waals surface area contributed by atoms with Crippen molar-refractivity contribution in [2.45, 2.75) is 72.0 Å². The van der Waals surface area contributed by atoms with E-state index in [1.54, 1.807) is 0 Å². The summed E-state index contributed by atoms with van der Waals surface area (Å²) in [5, 5.41) is 23.0. The van der Waals surface area contributed by atoms with Crippen molar-refractivity contribution < 1.29 is 9.84 Å². The van der Waals surface area contributed by atoms with Gasteiger partial charge in [0.1, 0.15) is 5.75 Å². The van der Waals surface area contributed by atoms with Crippen LogP contribution in [0, 0.1) is 0 Å². The molecule has 0 aliphatic rings. The molecule has 2 N–H and O–H groups in total.